The standard InChI is InChI=1S/C28H26N2O3S/c1-3-17-12-14-18(15-13-17)23-16-21(19-8-5-6-10-22(19)29-23)26(31)30-27-25(28(32)33-4-2)20-9-7-11-24(20)34-27/h5-6,8,10,12-16H,3-4,7,9,11H2,1-2H3,(H,30,31). The molecule has 0 radical (unpaired) electrons. The fourth-order valence-corrected chi connectivity index (χ4v) is 5.78. The summed E-state index contributed by atoms with van der Waals surface area (Å²) in [6.07, 6.45) is 3.76. The van der Waals surface area contributed by atoms with Crippen molar-refractivity contribution in [3.05, 3.63) is 81.7 Å². The second kappa shape index (κ2) is 9.39. The molecule has 172 valence electrons. The van der Waals surface area contributed by atoms with E-state index in [0.29, 0.717) is 22.7 Å². The van der Waals surface area contributed by atoms with Crippen molar-refractivity contribution in [2.45, 2.75) is 39.5 Å². The van der Waals surface area contributed by atoms with E-state index in [-0.39, 0.29) is 11.9 Å². The van der Waals surface area contributed by atoms with Crippen LogP contribution in [0.1, 0.15) is 57.0 Å². The molecular weight excluding hydrogens is 444 g/mol. The number of anilines is 1. The molecule has 5 nitrogen and oxygen atoms in total. The van der Waals surface area contributed by atoms with Gasteiger partial charge in [-0.3, -0.25) is 4.79 Å². The number of pyridine rings is 1. The molecule has 0 unspecified atom stereocenters. The van der Waals surface area contributed by atoms with Gasteiger partial charge in [-0.2, -0.15) is 0 Å². The van der Waals surface area contributed by atoms with Crippen molar-refractivity contribution < 1.29 is 14.3 Å². The van der Waals surface area contributed by atoms with Crippen LogP contribution in [0.15, 0.2) is 54.6 Å². The minimum Gasteiger partial charge on any atom is -0.462 e. The molecule has 34 heavy (non-hydrogen) atoms. The van der Waals surface area contributed by atoms with Gasteiger partial charge in [0.2, 0.25) is 0 Å². The Morgan fingerprint density at radius 1 is 1.06 bits per heavy atom. The van der Waals surface area contributed by atoms with E-state index < -0.39 is 0 Å². The second-order valence-corrected chi connectivity index (χ2v) is 9.46. The Labute approximate surface area is 202 Å². The van der Waals surface area contributed by atoms with Crippen molar-refractivity contribution >= 4 is 39.1 Å². The van der Waals surface area contributed by atoms with Crippen molar-refractivity contribution in [3.63, 3.8) is 0 Å². The number of ether oxygens (including phenoxy) is 1. The predicted molar refractivity (Wildman–Crippen MR) is 137 cm³/mol. The first-order valence-corrected chi connectivity index (χ1v) is 12.5. The third-order valence-electron chi connectivity index (χ3n) is 6.25. The highest BCUT2D eigenvalue weighted by atomic mass is 32.1. The van der Waals surface area contributed by atoms with Crippen LogP contribution in [0.5, 0.6) is 0 Å². The fraction of sp³-hybridized carbons (Fsp3) is 0.250. The van der Waals surface area contributed by atoms with Crippen molar-refractivity contribution in [2.75, 3.05) is 11.9 Å². The summed E-state index contributed by atoms with van der Waals surface area (Å²) < 4.78 is 5.31. The zero-order valence-corrected chi connectivity index (χ0v) is 20.1. The van der Waals surface area contributed by atoms with Crippen LogP contribution < -0.4 is 5.32 Å². The number of benzene rings is 2. The summed E-state index contributed by atoms with van der Waals surface area (Å²) in [6.45, 7) is 4.21. The van der Waals surface area contributed by atoms with E-state index >= 15 is 0 Å². The van der Waals surface area contributed by atoms with Crippen molar-refractivity contribution in [1.29, 1.82) is 0 Å². The van der Waals surface area contributed by atoms with Gasteiger partial charge >= 0.3 is 5.97 Å². The Kier molecular flexibility index (Phi) is 6.16. The van der Waals surface area contributed by atoms with Crippen molar-refractivity contribution in [3.8, 4) is 11.3 Å². The summed E-state index contributed by atoms with van der Waals surface area (Å²) in [4.78, 5) is 32.3. The lowest BCUT2D eigenvalue weighted by atomic mass is 10.0. The number of amides is 1. The Hall–Kier alpha value is -3.51. The number of aryl methyl sites for hydroxylation is 2. The van der Waals surface area contributed by atoms with Gasteiger partial charge in [0, 0.05) is 15.8 Å². The van der Waals surface area contributed by atoms with Gasteiger partial charge in [-0.05, 0) is 55.9 Å². The van der Waals surface area contributed by atoms with Crippen molar-refractivity contribution in [1.82, 2.24) is 4.98 Å². The number of hydrogen-bond acceptors (Lipinski definition) is 5. The molecule has 0 aliphatic heterocycles. The number of carbonyl (C=O) groups excluding carboxylic acids is 2. The van der Waals surface area contributed by atoms with Crippen LogP contribution in [0.2, 0.25) is 0 Å². The summed E-state index contributed by atoms with van der Waals surface area (Å²) in [5.74, 6) is -0.621. The number of nitrogens with zero attached hydrogens (tertiary/aromatic N) is 1. The molecule has 0 saturated carbocycles. The first-order chi connectivity index (χ1) is 16.6. The predicted octanol–water partition coefficient (Wildman–Crippen LogP) is 6.44. The number of fused-ring (bicyclic) bond motifs is 2. The van der Waals surface area contributed by atoms with Crippen LogP contribution in [0.4, 0.5) is 5.00 Å². The van der Waals surface area contributed by atoms with E-state index in [1.807, 2.05) is 42.5 Å². The van der Waals surface area contributed by atoms with Crippen LogP contribution in [-0.4, -0.2) is 23.5 Å². The minimum atomic E-state index is -0.367. The Balaban J connectivity index is 1.56. The highest BCUT2D eigenvalue weighted by molar-refractivity contribution is 7.17. The lowest BCUT2D eigenvalue weighted by molar-refractivity contribution is 0.0527. The average molecular weight is 471 g/mol. The maximum Gasteiger partial charge on any atom is 0.341 e. The number of para-hydroxylation sites is 1. The van der Waals surface area contributed by atoms with Gasteiger partial charge < -0.3 is 10.1 Å². The van der Waals surface area contributed by atoms with E-state index in [1.54, 1.807) is 6.92 Å². The molecule has 0 bridgehead atoms. The number of nitrogens with one attached hydrogen (secondary N) is 1. The van der Waals surface area contributed by atoms with Gasteiger partial charge in [-0.15, -0.1) is 11.3 Å². The van der Waals surface area contributed by atoms with E-state index in [0.717, 1.165) is 58.3 Å². The smallest absolute Gasteiger partial charge is 0.341 e. The van der Waals surface area contributed by atoms with Crippen LogP contribution in [0.3, 0.4) is 0 Å². The molecule has 1 amide bonds. The van der Waals surface area contributed by atoms with E-state index in [2.05, 4.69) is 24.4 Å². The maximum atomic E-state index is 13.6. The SMILES string of the molecule is CCOC(=O)c1c(NC(=O)c2cc(-c3ccc(CC)cc3)nc3ccccc23)sc2c1CCC2. The molecule has 2 aromatic carbocycles. The van der Waals surface area contributed by atoms with Gasteiger partial charge in [0.1, 0.15) is 5.00 Å². The molecule has 1 aliphatic rings. The van der Waals surface area contributed by atoms with Crippen LogP contribution in [0, 0.1) is 0 Å². The molecule has 1 aliphatic carbocycles. The quantitative estimate of drug-likeness (QED) is 0.329. The number of hydrogen-bond donors (Lipinski definition) is 1. The average Bonchev–Trinajstić information content (AvgIpc) is 3.44. The Bertz CT molecular complexity index is 1390. The third-order valence-corrected chi connectivity index (χ3v) is 7.45. The highest BCUT2D eigenvalue weighted by Gasteiger charge is 2.29. The lowest BCUT2D eigenvalue weighted by Crippen LogP contribution is -2.16. The van der Waals surface area contributed by atoms with Gasteiger partial charge in [0.05, 0.1) is 28.9 Å². The first-order valence-electron chi connectivity index (χ1n) is 11.7. The van der Waals surface area contributed by atoms with E-state index in [4.69, 9.17) is 9.72 Å². The number of rotatable bonds is 6. The monoisotopic (exact) mass is 470 g/mol. The van der Waals surface area contributed by atoms with Gasteiger partial charge in [-0.25, -0.2) is 9.78 Å². The molecule has 0 spiro atoms. The van der Waals surface area contributed by atoms with Gasteiger partial charge in [0.25, 0.3) is 5.91 Å². The summed E-state index contributed by atoms with van der Waals surface area (Å²) in [6, 6.07) is 17.7. The molecule has 0 saturated heterocycles. The van der Waals surface area contributed by atoms with Crippen LogP contribution >= 0.6 is 11.3 Å². The molecule has 2 aromatic heterocycles. The molecule has 6 heteroatoms. The van der Waals surface area contributed by atoms with Crippen LogP contribution in [-0.2, 0) is 24.0 Å². The second-order valence-electron chi connectivity index (χ2n) is 8.36. The molecule has 4 aromatic rings. The molecule has 0 atom stereocenters. The number of thiophene rings is 1. The molecule has 0 fully saturated rings. The normalized spacial score (nSPS) is 12.5. The fourth-order valence-electron chi connectivity index (χ4n) is 4.50. The zero-order valence-electron chi connectivity index (χ0n) is 19.3. The first kappa shape index (κ1) is 22.3. The molecular formula is C28H26N2O3S. The number of esters is 1. The summed E-state index contributed by atoms with van der Waals surface area (Å²) in [5, 5.41) is 4.38. The maximum absolute atomic E-state index is 13.6. The van der Waals surface area contributed by atoms with E-state index in [9.17, 15) is 9.59 Å². The third kappa shape index (κ3) is 4.10. The summed E-state index contributed by atoms with van der Waals surface area (Å²) >= 11 is 1.49. The minimum absolute atomic E-state index is 0.254. The molecule has 1 N–H and O–H groups in total. The Morgan fingerprint density at radius 2 is 1.85 bits per heavy atom. The number of carbonyl (C=O) groups is 2. The van der Waals surface area contributed by atoms with Crippen molar-refractivity contribution in [2.24, 2.45) is 0 Å². The number of aromatic nitrogens is 1. The molecule has 2 heterocycles. The Morgan fingerprint density at radius 3 is 2.62 bits per heavy atom. The summed E-state index contributed by atoms with van der Waals surface area (Å²) in [7, 11) is 0. The summed E-state index contributed by atoms with van der Waals surface area (Å²) in [5.41, 5.74) is 5.77. The zero-order chi connectivity index (χ0) is 23.7. The highest BCUT2D eigenvalue weighted by Crippen LogP contribution is 2.40. The largest absolute Gasteiger partial charge is 0.462 e. The van der Waals surface area contributed by atoms with Gasteiger partial charge in [-0.1, -0.05) is 49.4 Å². The lowest BCUT2D eigenvalue weighted by Gasteiger charge is -2.12. The topological polar surface area (TPSA) is 68.3 Å². The van der Waals surface area contributed by atoms with E-state index in [1.165, 1.54) is 16.9 Å². The van der Waals surface area contributed by atoms with Crippen LogP contribution in [0.25, 0.3) is 22.2 Å². The molecule has 5 rings (SSSR count). The van der Waals surface area contributed by atoms with Gasteiger partial charge in [0.15, 0.2) is 0 Å².